The molecule has 118 valence electrons. The highest BCUT2D eigenvalue weighted by Crippen LogP contribution is 2.35. The fourth-order valence-corrected chi connectivity index (χ4v) is 2.94. The summed E-state index contributed by atoms with van der Waals surface area (Å²) in [4.78, 5) is 0. The molecule has 1 aliphatic carbocycles. The van der Waals surface area contributed by atoms with Crippen LogP contribution in [0, 0.1) is 5.92 Å². The summed E-state index contributed by atoms with van der Waals surface area (Å²) in [5, 5.41) is 13.4. The number of nitrogen functional groups attached to an aromatic ring is 1. The minimum absolute atomic E-state index is 0.152. The van der Waals surface area contributed by atoms with E-state index >= 15 is 0 Å². The van der Waals surface area contributed by atoms with Crippen molar-refractivity contribution >= 4 is 11.4 Å². The molecule has 0 saturated heterocycles. The van der Waals surface area contributed by atoms with Gasteiger partial charge in [-0.05, 0) is 44.1 Å². The Morgan fingerprint density at radius 2 is 2.05 bits per heavy atom. The molecule has 0 amide bonds. The van der Waals surface area contributed by atoms with Gasteiger partial charge in [0.25, 0.3) is 0 Å². The van der Waals surface area contributed by atoms with E-state index in [9.17, 15) is 5.11 Å². The maximum Gasteiger partial charge on any atom is 0.123 e. The van der Waals surface area contributed by atoms with Crippen molar-refractivity contribution in [3.8, 4) is 5.75 Å². The lowest BCUT2D eigenvalue weighted by atomic mass is 9.77. The van der Waals surface area contributed by atoms with Gasteiger partial charge in [0.1, 0.15) is 5.75 Å². The zero-order chi connectivity index (χ0) is 15.3. The predicted octanol–water partition coefficient (Wildman–Crippen LogP) is 3.41. The summed E-state index contributed by atoms with van der Waals surface area (Å²) in [5.74, 6) is 1.53. The van der Waals surface area contributed by atoms with Gasteiger partial charge in [0.05, 0.1) is 18.8 Å². The average Bonchev–Trinajstić information content (AvgIpc) is 2.47. The second-order valence-electron chi connectivity index (χ2n) is 6.39. The summed E-state index contributed by atoms with van der Waals surface area (Å²) < 4.78 is 5.67. The molecule has 0 radical (unpaired) electrons. The van der Waals surface area contributed by atoms with Crippen LogP contribution in [0.2, 0.25) is 0 Å². The van der Waals surface area contributed by atoms with Gasteiger partial charge in [0.2, 0.25) is 0 Å². The second kappa shape index (κ2) is 7.03. The molecule has 1 aromatic carbocycles. The molecule has 4 N–H and O–H groups in total. The van der Waals surface area contributed by atoms with Crippen LogP contribution in [-0.2, 0) is 0 Å². The third kappa shape index (κ3) is 4.27. The Kier molecular flexibility index (Phi) is 5.34. The van der Waals surface area contributed by atoms with E-state index in [0.717, 1.165) is 49.5 Å². The van der Waals surface area contributed by atoms with Crippen molar-refractivity contribution in [3.05, 3.63) is 18.2 Å². The van der Waals surface area contributed by atoms with Crippen LogP contribution < -0.4 is 15.8 Å². The number of aliphatic hydroxyl groups is 1. The van der Waals surface area contributed by atoms with Crippen LogP contribution in [0.4, 0.5) is 11.4 Å². The second-order valence-corrected chi connectivity index (χ2v) is 6.39. The molecule has 1 saturated carbocycles. The van der Waals surface area contributed by atoms with E-state index in [1.165, 1.54) is 0 Å². The first-order valence-electron chi connectivity index (χ1n) is 7.99. The molecule has 0 heterocycles. The lowest BCUT2D eigenvalue weighted by Gasteiger charge is -2.39. The van der Waals surface area contributed by atoms with Crippen molar-refractivity contribution in [2.24, 2.45) is 5.92 Å². The molecule has 0 aromatic heterocycles. The smallest absolute Gasteiger partial charge is 0.123 e. The van der Waals surface area contributed by atoms with Crippen molar-refractivity contribution < 1.29 is 9.84 Å². The van der Waals surface area contributed by atoms with Gasteiger partial charge in [-0.2, -0.15) is 0 Å². The molecule has 4 heteroatoms. The molecule has 1 fully saturated rings. The van der Waals surface area contributed by atoms with Crippen molar-refractivity contribution in [2.75, 3.05) is 24.3 Å². The van der Waals surface area contributed by atoms with E-state index in [1.54, 1.807) is 0 Å². The molecular formula is C17H28N2O2. The monoisotopic (exact) mass is 292 g/mol. The lowest BCUT2D eigenvalue weighted by Crippen LogP contribution is -2.45. The fraction of sp³-hybridized carbons (Fsp3) is 0.647. The van der Waals surface area contributed by atoms with Crippen LogP contribution in [-0.4, -0.2) is 23.9 Å². The summed E-state index contributed by atoms with van der Waals surface area (Å²) >= 11 is 0. The number of benzene rings is 1. The third-order valence-corrected chi connectivity index (χ3v) is 4.35. The van der Waals surface area contributed by atoms with Crippen molar-refractivity contribution in [2.45, 2.75) is 51.5 Å². The fourth-order valence-electron chi connectivity index (χ4n) is 2.94. The molecule has 2 rings (SSSR count). The molecule has 21 heavy (non-hydrogen) atoms. The minimum atomic E-state index is -0.220. The SMILES string of the molecule is CCCOc1cc(N)cc(NC2(CO)CCC(C)CC2)c1. The Morgan fingerprint density at radius 1 is 1.33 bits per heavy atom. The standard InChI is InChI=1S/C17H28N2O2/c1-3-8-21-16-10-14(18)9-15(11-16)19-17(12-20)6-4-13(2)5-7-17/h9-11,13,19-20H,3-8,12,18H2,1-2H3. The number of hydrogen-bond donors (Lipinski definition) is 3. The Morgan fingerprint density at radius 3 is 2.67 bits per heavy atom. The Balaban J connectivity index is 2.11. The van der Waals surface area contributed by atoms with Crippen LogP contribution in [0.15, 0.2) is 18.2 Å². The highest BCUT2D eigenvalue weighted by molar-refractivity contribution is 5.60. The van der Waals surface area contributed by atoms with Gasteiger partial charge >= 0.3 is 0 Å². The zero-order valence-electron chi connectivity index (χ0n) is 13.2. The first kappa shape index (κ1) is 16.0. The number of nitrogens with one attached hydrogen (secondary N) is 1. The van der Waals surface area contributed by atoms with Crippen molar-refractivity contribution in [1.82, 2.24) is 0 Å². The van der Waals surface area contributed by atoms with Gasteiger partial charge in [0, 0.05) is 23.5 Å². The van der Waals surface area contributed by atoms with E-state index in [1.807, 2.05) is 18.2 Å². The highest BCUT2D eigenvalue weighted by atomic mass is 16.5. The van der Waals surface area contributed by atoms with Crippen molar-refractivity contribution in [1.29, 1.82) is 0 Å². The molecule has 0 atom stereocenters. The highest BCUT2D eigenvalue weighted by Gasteiger charge is 2.33. The molecule has 0 spiro atoms. The van der Waals surface area contributed by atoms with Gasteiger partial charge in [-0.1, -0.05) is 13.8 Å². The number of nitrogens with two attached hydrogens (primary N) is 1. The number of ether oxygens (including phenoxy) is 1. The quantitative estimate of drug-likeness (QED) is 0.703. The average molecular weight is 292 g/mol. The summed E-state index contributed by atoms with van der Waals surface area (Å²) in [6.45, 7) is 5.19. The molecule has 0 bridgehead atoms. The summed E-state index contributed by atoms with van der Waals surface area (Å²) in [7, 11) is 0. The van der Waals surface area contributed by atoms with Gasteiger partial charge < -0.3 is 20.9 Å². The number of rotatable bonds is 6. The Hall–Kier alpha value is -1.42. The van der Waals surface area contributed by atoms with Crippen LogP contribution in [0.25, 0.3) is 0 Å². The maximum absolute atomic E-state index is 9.84. The summed E-state index contributed by atoms with van der Waals surface area (Å²) in [5.41, 5.74) is 7.36. The lowest BCUT2D eigenvalue weighted by molar-refractivity contribution is 0.155. The van der Waals surface area contributed by atoms with Gasteiger partial charge in [-0.25, -0.2) is 0 Å². The van der Waals surface area contributed by atoms with Gasteiger partial charge in [-0.15, -0.1) is 0 Å². The molecular weight excluding hydrogens is 264 g/mol. The summed E-state index contributed by atoms with van der Waals surface area (Å²) in [6.07, 6.45) is 5.25. The normalized spacial score (nSPS) is 25.6. The van der Waals surface area contributed by atoms with E-state index < -0.39 is 0 Å². The van der Waals surface area contributed by atoms with Crippen LogP contribution >= 0.6 is 0 Å². The van der Waals surface area contributed by atoms with Gasteiger partial charge in [0.15, 0.2) is 0 Å². The van der Waals surface area contributed by atoms with E-state index in [0.29, 0.717) is 12.3 Å². The molecule has 0 aliphatic heterocycles. The van der Waals surface area contributed by atoms with Crippen LogP contribution in [0.5, 0.6) is 5.75 Å². The van der Waals surface area contributed by atoms with Gasteiger partial charge in [-0.3, -0.25) is 0 Å². The number of hydrogen-bond acceptors (Lipinski definition) is 4. The predicted molar refractivity (Wildman–Crippen MR) is 87.7 cm³/mol. The summed E-state index contributed by atoms with van der Waals surface area (Å²) in [6, 6.07) is 5.73. The first-order chi connectivity index (χ1) is 10.1. The largest absolute Gasteiger partial charge is 0.493 e. The Bertz CT molecular complexity index is 454. The molecule has 0 unspecified atom stereocenters. The third-order valence-electron chi connectivity index (χ3n) is 4.35. The maximum atomic E-state index is 9.84. The Labute approximate surface area is 127 Å². The molecule has 4 nitrogen and oxygen atoms in total. The first-order valence-corrected chi connectivity index (χ1v) is 7.99. The number of anilines is 2. The van der Waals surface area contributed by atoms with E-state index in [-0.39, 0.29) is 12.1 Å². The van der Waals surface area contributed by atoms with Crippen LogP contribution in [0.3, 0.4) is 0 Å². The molecule has 1 aromatic rings. The minimum Gasteiger partial charge on any atom is -0.493 e. The van der Waals surface area contributed by atoms with Crippen LogP contribution in [0.1, 0.15) is 46.0 Å². The molecule has 1 aliphatic rings. The van der Waals surface area contributed by atoms with E-state index in [2.05, 4.69) is 19.2 Å². The topological polar surface area (TPSA) is 67.5 Å². The number of aliphatic hydroxyl groups excluding tert-OH is 1. The van der Waals surface area contributed by atoms with Crippen molar-refractivity contribution in [3.63, 3.8) is 0 Å². The zero-order valence-corrected chi connectivity index (χ0v) is 13.2. The van der Waals surface area contributed by atoms with E-state index in [4.69, 9.17) is 10.5 Å².